The Morgan fingerprint density at radius 1 is 0.784 bits per heavy atom. The molecule has 0 bridgehead atoms. The van der Waals surface area contributed by atoms with Crippen molar-refractivity contribution in [3.05, 3.63) is 112 Å². The molecule has 2 amide bonds. The van der Waals surface area contributed by atoms with Gasteiger partial charge in [-0.15, -0.1) is 0 Å². The molecule has 37 heavy (non-hydrogen) atoms. The minimum Gasteiger partial charge on any atom is -0.335 e. The van der Waals surface area contributed by atoms with Crippen LogP contribution in [-0.4, -0.2) is 52.4 Å². The van der Waals surface area contributed by atoms with Gasteiger partial charge in [0.25, 0.3) is 11.8 Å². The number of hydrogen-bond acceptors (Lipinski definition) is 2. The van der Waals surface area contributed by atoms with Gasteiger partial charge in [0.2, 0.25) is 0 Å². The van der Waals surface area contributed by atoms with Crippen molar-refractivity contribution < 1.29 is 14.0 Å². The molecule has 0 radical (unpaired) electrons. The topological polar surface area (TPSA) is 45.6 Å². The summed E-state index contributed by atoms with van der Waals surface area (Å²) in [7, 11) is 0. The molecule has 1 fully saturated rings. The van der Waals surface area contributed by atoms with E-state index in [9.17, 15) is 14.0 Å². The summed E-state index contributed by atoms with van der Waals surface area (Å²) in [5.74, 6) is -0.593. The Hall–Kier alpha value is -3.90. The molecule has 0 saturated carbocycles. The Morgan fingerprint density at radius 2 is 1.41 bits per heavy atom. The van der Waals surface area contributed by atoms with E-state index in [0.717, 1.165) is 28.2 Å². The molecule has 0 N–H and O–H groups in total. The average molecular weight is 516 g/mol. The maximum Gasteiger partial charge on any atom is 0.255 e. The number of rotatable bonds is 4. The van der Waals surface area contributed by atoms with Crippen molar-refractivity contribution in [2.75, 3.05) is 26.2 Å². The van der Waals surface area contributed by atoms with E-state index in [0.29, 0.717) is 42.3 Å². The molecule has 1 aliphatic heterocycles. The first-order valence-corrected chi connectivity index (χ1v) is 12.6. The van der Waals surface area contributed by atoms with Crippen LogP contribution in [0.5, 0.6) is 0 Å². The number of aromatic nitrogens is 1. The molecule has 1 aliphatic rings. The lowest BCUT2D eigenvalue weighted by Gasteiger charge is -2.34. The summed E-state index contributed by atoms with van der Waals surface area (Å²) in [5, 5.41) is 0.651. The van der Waals surface area contributed by atoms with Crippen LogP contribution in [0.15, 0.2) is 78.9 Å². The second kappa shape index (κ2) is 10.2. The fraction of sp³-hybridized carbons (Fsp3) is 0.200. The summed E-state index contributed by atoms with van der Waals surface area (Å²) in [6.07, 6.45) is 0. The number of nitrogens with zero attached hydrogens (tertiary/aromatic N) is 3. The predicted molar refractivity (Wildman–Crippen MR) is 144 cm³/mol. The maximum atomic E-state index is 13.7. The molecular formula is C30H27ClFN3O2. The van der Waals surface area contributed by atoms with Crippen LogP contribution in [-0.2, 0) is 0 Å². The SMILES string of the molecule is Cc1cccc(-n2c(-c3ccc(Cl)cc3)cc(C(=O)N3CCN(C(=O)c4ccc(F)cc4)CC3)c2C)c1. The molecule has 3 aromatic carbocycles. The summed E-state index contributed by atoms with van der Waals surface area (Å²) >= 11 is 6.13. The predicted octanol–water partition coefficient (Wildman–Crippen LogP) is 6.15. The number of carbonyl (C=O) groups is 2. The van der Waals surface area contributed by atoms with E-state index in [1.807, 2.05) is 62.4 Å². The van der Waals surface area contributed by atoms with E-state index >= 15 is 0 Å². The van der Waals surface area contributed by atoms with Crippen molar-refractivity contribution in [2.45, 2.75) is 13.8 Å². The van der Waals surface area contributed by atoms with Crippen LogP contribution in [0.2, 0.25) is 5.02 Å². The zero-order valence-corrected chi connectivity index (χ0v) is 21.5. The molecule has 5 nitrogen and oxygen atoms in total. The second-order valence-electron chi connectivity index (χ2n) is 9.30. The third-order valence-electron chi connectivity index (χ3n) is 6.82. The Labute approximate surface area is 220 Å². The third kappa shape index (κ3) is 5.02. The van der Waals surface area contributed by atoms with E-state index in [-0.39, 0.29) is 17.6 Å². The molecule has 1 aromatic heterocycles. The molecule has 0 aliphatic carbocycles. The molecule has 188 valence electrons. The first kappa shape index (κ1) is 24.8. The van der Waals surface area contributed by atoms with Gasteiger partial charge in [0.05, 0.1) is 11.3 Å². The summed E-state index contributed by atoms with van der Waals surface area (Å²) in [5.41, 5.74) is 5.91. The Balaban J connectivity index is 1.41. The van der Waals surface area contributed by atoms with Crippen molar-refractivity contribution in [1.29, 1.82) is 0 Å². The van der Waals surface area contributed by atoms with E-state index in [1.54, 1.807) is 9.80 Å². The summed E-state index contributed by atoms with van der Waals surface area (Å²) in [6, 6.07) is 23.3. The van der Waals surface area contributed by atoms with Crippen molar-refractivity contribution in [2.24, 2.45) is 0 Å². The smallest absolute Gasteiger partial charge is 0.255 e. The van der Waals surface area contributed by atoms with Crippen molar-refractivity contribution in [3.8, 4) is 16.9 Å². The first-order chi connectivity index (χ1) is 17.8. The first-order valence-electron chi connectivity index (χ1n) is 12.2. The average Bonchev–Trinajstić information content (AvgIpc) is 3.25. The van der Waals surface area contributed by atoms with Gasteiger partial charge in [0, 0.05) is 48.1 Å². The molecule has 5 rings (SSSR count). The van der Waals surface area contributed by atoms with Crippen LogP contribution in [0.25, 0.3) is 16.9 Å². The quantitative estimate of drug-likeness (QED) is 0.327. The van der Waals surface area contributed by atoms with Gasteiger partial charge in [-0.2, -0.15) is 0 Å². The number of piperazine rings is 1. The molecule has 7 heteroatoms. The third-order valence-corrected chi connectivity index (χ3v) is 7.07. The highest BCUT2D eigenvalue weighted by molar-refractivity contribution is 6.30. The van der Waals surface area contributed by atoms with Gasteiger partial charge in [-0.25, -0.2) is 4.39 Å². The molecular weight excluding hydrogens is 489 g/mol. The fourth-order valence-electron chi connectivity index (χ4n) is 4.81. The number of hydrogen-bond donors (Lipinski definition) is 0. The highest BCUT2D eigenvalue weighted by Crippen LogP contribution is 2.31. The van der Waals surface area contributed by atoms with Crippen LogP contribution >= 0.6 is 11.6 Å². The van der Waals surface area contributed by atoms with Crippen LogP contribution in [0.1, 0.15) is 32.0 Å². The maximum absolute atomic E-state index is 13.7. The van der Waals surface area contributed by atoms with Crippen molar-refractivity contribution >= 4 is 23.4 Å². The van der Waals surface area contributed by atoms with Gasteiger partial charge in [-0.3, -0.25) is 9.59 Å². The molecule has 2 heterocycles. The molecule has 0 unspecified atom stereocenters. The number of amides is 2. The van der Waals surface area contributed by atoms with Gasteiger partial charge in [-0.1, -0.05) is 35.9 Å². The second-order valence-corrected chi connectivity index (χ2v) is 9.74. The largest absolute Gasteiger partial charge is 0.335 e. The van der Waals surface area contributed by atoms with Crippen molar-refractivity contribution in [3.63, 3.8) is 0 Å². The fourth-order valence-corrected chi connectivity index (χ4v) is 4.94. The van der Waals surface area contributed by atoms with Crippen molar-refractivity contribution in [1.82, 2.24) is 14.4 Å². The number of halogens is 2. The minimum absolute atomic E-state index is 0.0620. The zero-order valence-electron chi connectivity index (χ0n) is 20.7. The van der Waals surface area contributed by atoms with Gasteiger partial charge < -0.3 is 14.4 Å². The normalized spacial score (nSPS) is 13.6. The van der Waals surface area contributed by atoms with Gasteiger partial charge in [0.15, 0.2) is 0 Å². The highest BCUT2D eigenvalue weighted by Gasteiger charge is 2.28. The molecule has 0 spiro atoms. The summed E-state index contributed by atoms with van der Waals surface area (Å²) in [4.78, 5) is 30.0. The van der Waals surface area contributed by atoms with E-state index in [4.69, 9.17) is 11.6 Å². The standard InChI is InChI=1S/C30H27ClFN3O2/c1-20-4-3-5-26(18-20)35-21(2)27(19-28(35)22-6-10-24(31)11-7-22)30(37)34-16-14-33(15-17-34)29(36)23-8-12-25(32)13-9-23/h3-13,18-19H,14-17H2,1-2H3. The number of carbonyl (C=O) groups excluding carboxylic acids is 2. The summed E-state index contributed by atoms with van der Waals surface area (Å²) < 4.78 is 15.3. The van der Waals surface area contributed by atoms with Gasteiger partial charge in [-0.05, 0) is 79.6 Å². The van der Waals surface area contributed by atoms with Gasteiger partial charge >= 0.3 is 0 Å². The Kier molecular flexibility index (Phi) is 6.85. The van der Waals surface area contributed by atoms with Crippen LogP contribution in [0.4, 0.5) is 4.39 Å². The highest BCUT2D eigenvalue weighted by atomic mass is 35.5. The minimum atomic E-state index is -0.377. The number of aryl methyl sites for hydroxylation is 1. The van der Waals surface area contributed by atoms with Gasteiger partial charge in [0.1, 0.15) is 5.82 Å². The lowest BCUT2D eigenvalue weighted by atomic mass is 10.1. The van der Waals surface area contributed by atoms with E-state index in [2.05, 4.69) is 10.6 Å². The Bertz CT molecular complexity index is 1450. The van der Waals surface area contributed by atoms with Crippen LogP contribution in [0, 0.1) is 19.7 Å². The monoisotopic (exact) mass is 515 g/mol. The van der Waals surface area contributed by atoms with Crippen LogP contribution < -0.4 is 0 Å². The molecule has 4 aromatic rings. The lowest BCUT2D eigenvalue weighted by molar-refractivity contribution is 0.0535. The van der Waals surface area contributed by atoms with E-state index < -0.39 is 0 Å². The zero-order chi connectivity index (χ0) is 26.1. The van der Waals surface area contributed by atoms with E-state index in [1.165, 1.54) is 24.3 Å². The molecule has 0 atom stereocenters. The lowest BCUT2D eigenvalue weighted by Crippen LogP contribution is -2.50. The number of benzene rings is 3. The van der Waals surface area contributed by atoms with Crippen LogP contribution in [0.3, 0.4) is 0 Å². The Morgan fingerprint density at radius 3 is 2.03 bits per heavy atom. The molecule has 1 saturated heterocycles. The summed E-state index contributed by atoms with van der Waals surface area (Å²) in [6.45, 7) is 5.70.